The topological polar surface area (TPSA) is 44.6 Å². The second kappa shape index (κ2) is 13.7. The number of piperazine rings is 1. The SMILES string of the molecule is CC(C)C(c1nc(-c2ccccc2)cn1Cc1ccccc1)N(CC(C)(C)CN1CCN(C)CC1)C(=O)c1ccccc1. The molecule has 0 radical (unpaired) electrons. The van der Waals surface area contributed by atoms with Gasteiger partial charge >= 0.3 is 0 Å². The van der Waals surface area contributed by atoms with Crippen LogP contribution in [0.2, 0.25) is 0 Å². The van der Waals surface area contributed by atoms with Crippen LogP contribution in [0.25, 0.3) is 11.3 Å². The van der Waals surface area contributed by atoms with Gasteiger partial charge in [0.1, 0.15) is 5.82 Å². The third-order valence-electron chi connectivity index (χ3n) is 8.43. The maximum atomic E-state index is 14.5. The smallest absolute Gasteiger partial charge is 0.254 e. The fourth-order valence-corrected chi connectivity index (χ4v) is 6.28. The number of rotatable bonds is 11. The van der Waals surface area contributed by atoms with Crippen molar-refractivity contribution >= 4 is 5.91 Å². The molecular formula is C37H47N5O. The molecule has 1 aromatic heterocycles. The first-order valence-corrected chi connectivity index (χ1v) is 15.6. The summed E-state index contributed by atoms with van der Waals surface area (Å²) >= 11 is 0. The molecule has 226 valence electrons. The molecule has 1 atom stereocenters. The number of carbonyl (C=O) groups is 1. The van der Waals surface area contributed by atoms with Crippen molar-refractivity contribution in [2.75, 3.05) is 46.3 Å². The molecule has 4 aromatic rings. The van der Waals surface area contributed by atoms with Crippen molar-refractivity contribution in [1.29, 1.82) is 0 Å². The third kappa shape index (κ3) is 7.81. The zero-order valence-electron chi connectivity index (χ0n) is 26.5. The van der Waals surface area contributed by atoms with Crippen LogP contribution in [0.3, 0.4) is 0 Å². The lowest BCUT2D eigenvalue weighted by atomic mass is 9.89. The minimum Gasteiger partial charge on any atom is -0.328 e. The van der Waals surface area contributed by atoms with Gasteiger partial charge in [0, 0.05) is 63.1 Å². The molecule has 1 saturated heterocycles. The maximum absolute atomic E-state index is 14.5. The zero-order chi connectivity index (χ0) is 30.4. The fourth-order valence-electron chi connectivity index (χ4n) is 6.28. The van der Waals surface area contributed by atoms with Gasteiger partial charge in [0.15, 0.2) is 0 Å². The van der Waals surface area contributed by atoms with Gasteiger partial charge in [0.05, 0.1) is 11.7 Å². The number of carbonyl (C=O) groups excluding carboxylic acids is 1. The van der Waals surface area contributed by atoms with E-state index in [1.807, 2.05) is 42.5 Å². The molecular weight excluding hydrogens is 530 g/mol. The number of aromatic nitrogens is 2. The van der Waals surface area contributed by atoms with Crippen molar-refractivity contribution < 1.29 is 4.79 Å². The summed E-state index contributed by atoms with van der Waals surface area (Å²) in [5, 5.41) is 0. The first-order chi connectivity index (χ1) is 20.7. The Morgan fingerprint density at radius 1 is 0.860 bits per heavy atom. The quantitative estimate of drug-likeness (QED) is 0.199. The molecule has 1 unspecified atom stereocenters. The molecule has 6 heteroatoms. The molecule has 43 heavy (non-hydrogen) atoms. The van der Waals surface area contributed by atoms with E-state index in [9.17, 15) is 4.79 Å². The van der Waals surface area contributed by atoms with E-state index in [-0.39, 0.29) is 23.3 Å². The summed E-state index contributed by atoms with van der Waals surface area (Å²) < 4.78 is 2.26. The number of benzene rings is 3. The third-order valence-corrected chi connectivity index (χ3v) is 8.43. The van der Waals surface area contributed by atoms with Crippen LogP contribution >= 0.6 is 0 Å². The zero-order valence-corrected chi connectivity index (χ0v) is 26.5. The van der Waals surface area contributed by atoms with Gasteiger partial charge in [-0.05, 0) is 36.1 Å². The summed E-state index contributed by atoms with van der Waals surface area (Å²) in [5.41, 5.74) is 3.81. The number of imidazole rings is 1. The molecule has 1 aliphatic heterocycles. The molecule has 0 N–H and O–H groups in total. The second-order valence-electron chi connectivity index (χ2n) is 13.2. The second-order valence-corrected chi connectivity index (χ2v) is 13.2. The van der Waals surface area contributed by atoms with Crippen LogP contribution in [0, 0.1) is 11.3 Å². The van der Waals surface area contributed by atoms with Gasteiger partial charge in [-0.1, -0.05) is 107 Å². The lowest BCUT2D eigenvalue weighted by Gasteiger charge is -2.42. The van der Waals surface area contributed by atoms with Gasteiger partial charge in [-0.15, -0.1) is 0 Å². The highest BCUT2D eigenvalue weighted by atomic mass is 16.2. The van der Waals surface area contributed by atoms with E-state index in [0.29, 0.717) is 18.7 Å². The number of hydrogen-bond acceptors (Lipinski definition) is 4. The van der Waals surface area contributed by atoms with E-state index in [0.717, 1.165) is 49.8 Å². The Morgan fingerprint density at radius 2 is 1.44 bits per heavy atom. The molecule has 6 nitrogen and oxygen atoms in total. The molecule has 1 fully saturated rings. The van der Waals surface area contributed by atoms with Crippen LogP contribution in [-0.4, -0.2) is 76.5 Å². The van der Waals surface area contributed by atoms with Crippen LogP contribution in [0.4, 0.5) is 0 Å². The van der Waals surface area contributed by atoms with Gasteiger partial charge in [0.25, 0.3) is 5.91 Å². The minimum atomic E-state index is -0.208. The highest BCUT2D eigenvalue weighted by Gasteiger charge is 2.37. The maximum Gasteiger partial charge on any atom is 0.254 e. The van der Waals surface area contributed by atoms with Crippen LogP contribution in [0.15, 0.2) is 97.2 Å². The van der Waals surface area contributed by atoms with Gasteiger partial charge in [-0.2, -0.15) is 0 Å². The molecule has 3 aromatic carbocycles. The normalized spacial score (nSPS) is 15.5. The summed E-state index contributed by atoms with van der Waals surface area (Å²) in [6, 6.07) is 30.4. The Bertz CT molecular complexity index is 1440. The van der Waals surface area contributed by atoms with Gasteiger partial charge in [0.2, 0.25) is 0 Å². The first-order valence-electron chi connectivity index (χ1n) is 15.6. The Labute approximate surface area is 258 Å². The molecule has 0 saturated carbocycles. The number of nitrogens with zero attached hydrogens (tertiary/aromatic N) is 5. The van der Waals surface area contributed by atoms with Crippen LogP contribution in [0.1, 0.15) is 55.5 Å². The van der Waals surface area contributed by atoms with E-state index in [1.54, 1.807) is 0 Å². The average molecular weight is 578 g/mol. The largest absolute Gasteiger partial charge is 0.328 e. The summed E-state index contributed by atoms with van der Waals surface area (Å²) in [5.74, 6) is 1.13. The Balaban J connectivity index is 1.56. The summed E-state index contributed by atoms with van der Waals surface area (Å²) in [6.07, 6.45) is 2.16. The van der Waals surface area contributed by atoms with Crippen LogP contribution in [0.5, 0.6) is 0 Å². The van der Waals surface area contributed by atoms with Crippen LogP contribution in [-0.2, 0) is 6.54 Å². The molecule has 2 heterocycles. The summed E-state index contributed by atoms with van der Waals surface area (Å²) in [7, 11) is 2.19. The van der Waals surface area contributed by atoms with E-state index < -0.39 is 0 Å². The summed E-state index contributed by atoms with van der Waals surface area (Å²) in [4.78, 5) is 26.9. The van der Waals surface area contributed by atoms with Gasteiger partial charge in [-0.3, -0.25) is 4.79 Å². The van der Waals surface area contributed by atoms with Crippen molar-refractivity contribution in [1.82, 2.24) is 24.3 Å². The standard InChI is InChI=1S/C37H47N5O/c1-29(2)34(35-38-33(31-17-11-7-12-18-31)26-41(35)25-30-15-9-6-10-16-30)42(36(43)32-19-13-8-14-20-32)28-37(3,4)27-40-23-21-39(5)22-24-40/h6-20,26,29,34H,21-25,27-28H2,1-5H3. The lowest BCUT2D eigenvalue weighted by Crippen LogP contribution is -2.51. The van der Waals surface area contributed by atoms with E-state index in [1.165, 1.54) is 5.56 Å². The van der Waals surface area contributed by atoms with Crippen molar-refractivity contribution in [3.63, 3.8) is 0 Å². The predicted molar refractivity (Wildman–Crippen MR) is 176 cm³/mol. The van der Waals surface area contributed by atoms with Crippen molar-refractivity contribution in [2.24, 2.45) is 11.3 Å². The Hall–Kier alpha value is -3.74. The van der Waals surface area contributed by atoms with Crippen molar-refractivity contribution in [3.05, 3.63) is 114 Å². The lowest BCUT2D eigenvalue weighted by molar-refractivity contribution is 0.0386. The molecule has 5 rings (SSSR count). The Morgan fingerprint density at radius 3 is 2.05 bits per heavy atom. The average Bonchev–Trinajstić information content (AvgIpc) is 3.41. The molecule has 0 bridgehead atoms. The summed E-state index contributed by atoms with van der Waals surface area (Å²) in [6.45, 7) is 15.6. The van der Waals surface area contributed by atoms with E-state index in [2.05, 4.69) is 109 Å². The number of likely N-dealkylation sites (N-methyl/N-ethyl adjacent to an activating group) is 1. The first kappa shape index (κ1) is 30.7. The molecule has 0 aliphatic carbocycles. The van der Waals surface area contributed by atoms with Crippen LogP contribution < -0.4 is 0 Å². The monoisotopic (exact) mass is 577 g/mol. The van der Waals surface area contributed by atoms with E-state index in [4.69, 9.17) is 4.98 Å². The van der Waals surface area contributed by atoms with Gasteiger partial charge in [-0.25, -0.2) is 4.98 Å². The highest BCUT2D eigenvalue weighted by molar-refractivity contribution is 5.94. The molecule has 1 aliphatic rings. The fraction of sp³-hybridized carbons (Fsp3) is 0.405. The van der Waals surface area contributed by atoms with Gasteiger partial charge < -0.3 is 19.3 Å². The van der Waals surface area contributed by atoms with Crippen molar-refractivity contribution in [2.45, 2.75) is 40.3 Å². The van der Waals surface area contributed by atoms with Crippen molar-refractivity contribution in [3.8, 4) is 11.3 Å². The number of hydrogen-bond donors (Lipinski definition) is 0. The predicted octanol–water partition coefficient (Wildman–Crippen LogP) is 6.71. The number of amides is 1. The molecule has 1 amide bonds. The molecule has 0 spiro atoms. The minimum absolute atomic E-state index is 0.0567. The highest BCUT2D eigenvalue weighted by Crippen LogP contribution is 2.35. The Kier molecular flexibility index (Phi) is 9.79. The van der Waals surface area contributed by atoms with E-state index >= 15 is 0 Å².